The van der Waals surface area contributed by atoms with Crippen molar-refractivity contribution in [3.05, 3.63) is 24.3 Å². The summed E-state index contributed by atoms with van der Waals surface area (Å²) >= 11 is 0. The minimum atomic E-state index is 0.159. The predicted molar refractivity (Wildman–Crippen MR) is 82.6 cm³/mol. The molecule has 2 aliphatic carbocycles. The van der Waals surface area contributed by atoms with E-state index in [1.807, 2.05) is 0 Å². The quantitative estimate of drug-likeness (QED) is 0.766. The fourth-order valence-electron chi connectivity index (χ4n) is 4.12. The van der Waals surface area contributed by atoms with Crippen molar-refractivity contribution in [2.24, 2.45) is 23.0 Å². The minimum Gasteiger partial charge on any atom is -0.327 e. The number of rotatable bonds is 5. The lowest BCUT2D eigenvalue weighted by Crippen LogP contribution is -2.50. The number of hydrogen-bond donors (Lipinski definition) is 1. The van der Waals surface area contributed by atoms with Gasteiger partial charge in [0.05, 0.1) is 0 Å². The molecule has 0 spiro atoms. The number of nitrogens with two attached hydrogens (primary N) is 1. The third kappa shape index (κ3) is 3.13. The third-order valence-electron chi connectivity index (χ3n) is 5.45. The molecule has 19 heavy (non-hydrogen) atoms. The van der Waals surface area contributed by atoms with Gasteiger partial charge in [-0.05, 0) is 37.2 Å². The highest BCUT2D eigenvalue weighted by molar-refractivity contribution is 5.18. The van der Waals surface area contributed by atoms with Crippen molar-refractivity contribution >= 4 is 0 Å². The first-order valence-electron chi connectivity index (χ1n) is 8.20. The van der Waals surface area contributed by atoms with E-state index in [0.717, 1.165) is 12.3 Å². The van der Waals surface area contributed by atoms with Gasteiger partial charge >= 0.3 is 0 Å². The zero-order valence-corrected chi connectivity index (χ0v) is 12.7. The van der Waals surface area contributed by atoms with Crippen LogP contribution in [0.1, 0.15) is 65.2 Å². The summed E-state index contributed by atoms with van der Waals surface area (Å²) in [7, 11) is 0. The monoisotopic (exact) mass is 260 g/mol. The second kappa shape index (κ2) is 6.74. The lowest BCUT2D eigenvalue weighted by atomic mass is 9.61. The summed E-state index contributed by atoms with van der Waals surface area (Å²) in [5.41, 5.74) is 6.94. The van der Waals surface area contributed by atoms with E-state index in [2.05, 4.69) is 38.2 Å². The summed E-state index contributed by atoms with van der Waals surface area (Å²) in [4.78, 5) is 0. The fourth-order valence-corrected chi connectivity index (χ4v) is 4.12. The lowest BCUT2D eigenvalue weighted by molar-refractivity contribution is 0.120. The smallest absolute Gasteiger partial charge is 0.0165 e. The second-order valence-corrected chi connectivity index (χ2v) is 6.63. The van der Waals surface area contributed by atoms with Gasteiger partial charge in [-0.2, -0.15) is 0 Å². The van der Waals surface area contributed by atoms with Crippen LogP contribution in [-0.4, -0.2) is 6.04 Å². The Morgan fingerprint density at radius 1 is 1.32 bits per heavy atom. The van der Waals surface area contributed by atoms with E-state index in [1.54, 1.807) is 0 Å². The van der Waals surface area contributed by atoms with E-state index in [9.17, 15) is 0 Å². The van der Waals surface area contributed by atoms with Gasteiger partial charge in [0.2, 0.25) is 0 Å². The largest absolute Gasteiger partial charge is 0.327 e. The van der Waals surface area contributed by atoms with Crippen LogP contribution >= 0.6 is 0 Å². The maximum atomic E-state index is 6.78. The van der Waals surface area contributed by atoms with Crippen molar-refractivity contribution in [3.63, 3.8) is 0 Å². The molecule has 2 N–H and O–H groups in total. The van der Waals surface area contributed by atoms with E-state index in [-0.39, 0.29) is 5.41 Å². The van der Waals surface area contributed by atoms with Gasteiger partial charge in [-0.3, -0.25) is 0 Å². The summed E-state index contributed by atoms with van der Waals surface area (Å²) in [6, 6.07) is 0.312. The normalized spacial score (nSPS) is 31.3. The van der Waals surface area contributed by atoms with Crippen LogP contribution in [0.5, 0.6) is 0 Å². The molecule has 0 aliphatic heterocycles. The Balaban J connectivity index is 2.16. The summed E-state index contributed by atoms with van der Waals surface area (Å²) in [5, 5.41) is 0. The molecular weight excluding hydrogens is 230 g/mol. The molecule has 0 saturated heterocycles. The Morgan fingerprint density at radius 3 is 2.63 bits per heavy atom. The predicted octanol–water partition coefficient (Wildman–Crippen LogP) is 4.64. The van der Waals surface area contributed by atoms with Crippen LogP contribution in [0.4, 0.5) is 0 Å². The topological polar surface area (TPSA) is 26.0 Å². The van der Waals surface area contributed by atoms with E-state index < -0.39 is 0 Å². The van der Waals surface area contributed by atoms with E-state index >= 15 is 0 Å². The summed E-state index contributed by atoms with van der Waals surface area (Å²) in [6.45, 7) is 4.67. The summed E-state index contributed by atoms with van der Waals surface area (Å²) in [5.74, 6) is 1.38. The first kappa shape index (κ1) is 14.8. The van der Waals surface area contributed by atoms with E-state index in [1.165, 1.54) is 44.9 Å². The molecule has 3 unspecified atom stereocenters. The fraction of sp³-hybridized carbons (Fsp3) is 0.778. The highest BCUT2D eigenvalue weighted by atomic mass is 14.7. The Kier molecular flexibility index (Phi) is 5.27. The average molecular weight is 260 g/mol. The molecule has 3 atom stereocenters. The Morgan fingerprint density at radius 2 is 2.05 bits per heavy atom. The molecule has 1 nitrogen and oxygen atoms in total. The molecule has 0 bridgehead atoms. The highest BCUT2D eigenvalue weighted by Gasteiger charge is 2.42. The van der Waals surface area contributed by atoms with Crippen molar-refractivity contribution in [2.75, 3.05) is 0 Å². The number of allylic oxidation sites excluding steroid dienone is 3. The van der Waals surface area contributed by atoms with Gasteiger partial charge in [-0.25, -0.2) is 0 Å². The van der Waals surface area contributed by atoms with Crippen LogP contribution < -0.4 is 5.73 Å². The summed E-state index contributed by atoms with van der Waals surface area (Å²) < 4.78 is 0. The van der Waals surface area contributed by atoms with Gasteiger partial charge in [-0.1, -0.05) is 64.2 Å². The molecule has 1 fully saturated rings. The molecule has 0 amide bonds. The maximum absolute atomic E-state index is 6.78. The van der Waals surface area contributed by atoms with Crippen molar-refractivity contribution in [1.29, 1.82) is 0 Å². The van der Waals surface area contributed by atoms with Gasteiger partial charge in [-0.15, -0.1) is 0 Å². The van der Waals surface area contributed by atoms with E-state index in [4.69, 9.17) is 5.73 Å². The average Bonchev–Trinajstić information content (AvgIpc) is 2.48. The molecule has 1 radical (unpaired) electrons. The molecule has 0 aromatic heterocycles. The Bertz CT molecular complexity index is 325. The van der Waals surface area contributed by atoms with Crippen LogP contribution in [0.15, 0.2) is 18.2 Å². The summed E-state index contributed by atoms with van der Waals surface area (Å²) in [6.07, 6.45) is 20.4. The van der Waals surface area contributed by atoms with Crippen LogP contribution in [0.25, 0.3) is 0 Å². The molecule has 1 heteroatoms. The first-order valence-corrected chi connectivity index (χ1v) is 8.20. The van der Waals surface area contributed by atoms with Gasteiger partial charge in [0.25, 0.3) is 0 Å². The highest BCUT2D eigenvalue weighted by Crippen LogP contribution is 2.45. The zero-order chi connectivity index (χ0) is 13.7. The Labute approximate surface area is 119 Å². The van der Waals surface area contributed by atoms with Crippen molar-refractivity contribution in [3.8, 4) is 0 Å². The van der Waals surface area contributed by atoms with Crippen LogP contribution in [-0.2, 0) is 0 Å². The number of hydrogen-bond acceptors (Lipinski definition) is 1. The molecule has 0 heterocycles. The molecule has 0 aromatic carbocycles. The lowest BCUT2D eigenvalue weighted by Gasteiger charge is -2.46. The minimum absolute atomic E-state index is 0.159. The molecule has 1 saturated carbocycles. The Hall–Kier alpha value is -0.560. The first-order chi connectivity index (χ1) is 9.20. The third-order valence-corrected chi connectivity index (χ3v) is 5.45. The SMILES string of the molecule is CCCC(C)C1(C(N)C2CCCCC2)C=CC=[C]C1. The van der Waals surface area contributed by atoms with Crippen LogP contribution in [0.2, 0.25) is 0 Å². The molecule has 2 aliphatic rings. The molecular formula is C18H30N. The maximum Gasteiger partial charge on any atom is 0.0165 e. The molecule has 107 valence electrons. The van der Waals surface area contributed by atoms with Gasteiger partial charge in [0, 0.05) is 11.5 Å². The zero-order valence-electron chi connectivity index (χ0n) is 12.7. The van der Waals surface area contributed by atoms with Crippen molar-refractivity contribution < 1.29 is 0 Å². The van der Waals surface area contributed by atoms with Crippen molar-refractivity contribution in [2.45, 2.75) is 71.3 Å². The van der Waals surface area contributed by atoms with Crippen LogP contribution in [0.3, 0.4) is 0 Å². The molecule has 2 rings (SSSR count). The second-order valence-electron chi connectivity index (χ2n) is 6.63. The van der Waals surface area contributed by atoms with Crippen molar-refractivity contribution in [1.82, 2.24) is 0 Å². The van der Waals surface area contributed by atoms with E-state index in [0.29, 0.717) is 12.0 Å². The molecule has 0 aromatic rings. The van der Waals surface area contributed by atoms with Gasteiger partial charge in [0.15, 0.2) is 0 Å². The van der Waals surface area contributed by atoms with Gasteiger partial charge in [0.1, 0.15) is 0 Å². The van der Waals surface area contributed by atoms with Gasteiger partial charge < -0.3 is 5.73 Å². The van der Waals surface area contributed by atoms with Crippen LogP contribution in [0, 0.1) is 23.3 Å². The standard InChI is InChI=1S/C18H30N/c1-3-10-15(2)18(13-8-5-9-14-18)17(19)16-11-6-4-7-12-16/h5,8,13,15-17H,3-4,6-7,10-12,14,19H2,1-2H3.